The second-order valence-electron chi connectivity index (χ2n) is 10.0. The summed E-state index contributed by atoms with van der Waals surface area (Å²) in [4.78, 5) is 34.0. The van der Waals surface area contributed by atoms with Gasteiger partial charge in [-0.3, -0.25) is 4.79 Å². The smallest absolute Gasteiger partial charge is 0.410 e. The summed E-state index contributed by atoms with van der Waals surface area (Å²) in [6, 6.07) is 9.47. The van der Waals surface area contributed by atoms with Crippen LogP contribution in [0.4, 0.5) is 20.7 Å². The van der Waals surface area contributed by atoms with Gasteiger partial charge in [0.05, 0.1) is 5.56 Å². The number of pyridine rings is 1. The lowest BCUT2D eigenvalue weighted by Gasteiger charge is -2.37. The van der Waals surface area contributed by atoms with Gasteiger partial charge in [-0.05, 0) is 83.7 Å². The van der Waals surface area contributed by atoms with Gasteiger partial charge < -0.3 is 19.9 Å². The summed E-state index contributed by atoms with van der Waals surface area (Å²) < 4.78 is 19.2. The molecule has 1 aromatic heterocycles. The van der Waals surface area contributed by atoms with Crippen LogP contribution in [0, 0.1) is 11.7 Å². The summed E-state index contributed by atoms with van der Waals surface area (Å²) in [7, 11) is 0. The average Bonchev–Trinajstić information content (AvgIpc) is 2.76. The second kappa shape index (κ2) is 10.8. The molecule has 1 aliphatic heterocycles. The van der Waals surface area contributed by atoms with E-state index in [-0.39, 0.29) is 29.8 Å². The van der Waals surface area contributed by atoms with E-state index in [9.17, 15) is 14.0 Å². The highest BCUT2D eigenvalue weighted by Gasteiger charge is 2.31. The third-order valence-corrected chi connectivity index (χ3v) is 5.64. The molecule has 0 saturated carbocycles. The van der Waals surface area contributed by atoms with Crippen molar-refractivity contribution in [2.45, 2.75) is 59.1 Å². The molecule has 1 N–H and O–H groups in total. The predicted molar refractivity (Wildman–Crippen MR) is 131 cm³/mol. The number of anilines is 2. The van der Waals surface area contributed by atoms with Crippen LogP contribution in [0.3, 0.4) is 0 Å². The number of benzene rings is 1. The minimum atomic E-state index is -0.565. The van der Waals surface area contributed by atoms with Crippen molar-refractivity contribution in [1.29, 1.82) is 0 Å². The average molecular weight is 471 g/mol. The maximum atomic E-state index is 13.6. The molecule has 34 heavy (non-hydrogen) atoms. The molecule has 2 aromatic rings. The number of piperidine rings is 1. The van der Waals surface area contributed by atoms with Crippen molar-refractivity contribution in [1.82, 2.24) is 14.8 Å². The maximum absolute atomic E-state index is 13.6. The predicted octanol–water partition coefficient (Wildman–Crippen LogP) is 5.46. The molecule has 1 saturated heterocycles. The lowest BCUT2D eigenvalue weighted by Crippen LogP contribution is -2.48. The quantitative estimate of drug-likeness (QED) is 0.607. The highest BCUT2D eigenvalue weighted by molar-refractivity contribution is 5.99. The Labute approximate surface area is 201 Å². The van der Waals surface area contributed by atoms with E-state index in [1.807, 2.05) is 39.5 Å². The van der Waals surface area contributed by atoms with Gasteiger partial charge in [0.25, 0.3) is 5.91 Å². The van der Waals surface area contributed by atoms with Crippen molar-refractivity contribution in [3.05, 3.63) is 54.0 Å². The molecule has 0 radical (unpaired) electrons. The fraction of sp³-hybridized carbons (Fsp3) is 0.500. The maximum Gasteiger partial charge on any atom is 0.410 e. The Bertz CT molecular complexity index is 1010. The Morgan fingerprint density at radius 2 is 2.03 bits per heavy atom. The zero-order valence-electron chi connectivity index (χ0n) is 20.7. The number of hydrogen-bond acceptors (Lipinski definition) is 5. The highest BCUT2D eigenvalue weighted by Crippen LogP contribution is 2.25. The molecule has 2 amide bonds. The second-order valence-corrected chi connectivity index (χ2v) is 10.0. The number of hydrogen-bond donors (Lipinski definition) is 1. The molecule has 7 nitrogen and oxygen atoms in total. The largest absolute Gasteiger partial charge is 0.444 e. The third-order valence-electron chi connectivity index (χ3n) is 5.64. The molecule has 1 unspecified atom stereocenters. The first-order valence-electron chi connectivity index (χ1n) is 11.8. The van der Waals surface area contributed by atoms with Crippen LogP contribution in [0.15, 0.2) is 42.6 Å². The van der Waals surface area contributed by atoms with E-state index >= 15 is 0 Å². The van der Waals surface area contributed by atoms with Gasteiger partial charge in [-0.25, -0.2) is 14.2 Å². The van der Waals surface area contributed by atoms with Crippen LogP contribution in [-0.2, 0) is 4.74 Å². The van der Waals surface area contributed by atoms with Crippen LogP contribution in [0.25, 0.3) is 0 Å². The number of nitrogens with one attached hydrogen (secondary N) is 1. The number of nitrogens with zero attached hydrogens (tertiary/aromatic N) is 3. The van der Waals surface area contributed by atoms with E-state index in [4.69, 9.17) is 4.74 Å². The minimum Gasteiger partial charge on any atom is -0.444 e. The van der Waals surface area contributed by atoms with Crippen LogP contribution in [0.1, 0.15) is 57.8 Å². The van der Waals surface area contributed by atoms with E-state index in [0.717, 1.165) is 12.8 Å². The monoisotopic (exact) mass is 470 g/mol. The van der Waals surface area contributed by atoms with Crippen molar-refractivity contribution >= 4 is 23.5 Å². The Morgan fingerprint density at radius 3 is 2.71 bits per heavy atom. The number of aromatic nitrogens is 1. The zero-order valence-corrected chi connectivity index (χ0v) is 20.7. The van der Waals surface area contributed by atoms with Gasteiger partial charge in [-0.15, -0.1) is 0 Å². The van der Waals surface area contributed by atoms with E-state index in [2.05, 4.69) is 10.3 Å². The van der Waals surface area contributed by atoms with Gasteiger partial charge in [0.1, 0.15) is 17.2 Å². The number of rotatable bonds is 6. The molecular weight excluding hydrogens is 435 g/mol. The number of ether oxygens (including phenoxy) is 1. The molecule has 3 rings (SSSR count). The number of halogens is 1. The fourth-order valence-corrected chi connectivity index (χ4v) is 4.04. The molecule has 1 fully saturated rings. The Hall–Kier alpha value is -3.16. The minimum absolute atomic E-state index is 0.0127. The number of amides is 2. The van der Waals surface area contributed by atoms with Gasteiger partial charge in [-0.1, -0.05) is 6.07 Å². The number of carbonyl (C=O) groups is 2. The molecule has 2 heterocycles. The van der Waals surface area contributed by atoms with Crippen molar-refractivity contribution in [2.24, 2.45) is 5.92 Å². The fourth-order valence-electron chi connectivity index (χ4n) is 4.04. The molecule has 0 bridgehead atoms. The Kier molecular flexibility index (Phi) is 8.12. The normalized spacial score (nSPS) is 16.3. The summed E-state index contributed by atoms with van der Waals surface area (Å²) in [6.07, 6.45) is 3.04. The summed E-state index contributed by atoms with van der Waals surface area (Å²) in [5.74, 6) is 0.0270. The lowest BCUT2D eigenvalue weighted by molar-refractivity contribution is 0.0124. The zero-order chi connectivity index (χ0) is 24.9. The molecule has 184 valence electrons. The molecule has 1 atom stereocenters. The summed E-state index contributed by atoms with van der Waals surface area (Å²) in [5, 5.41) is 3.06. The summed E-state index contributed by atoms with van der Waals surface area (Å²) >= 11 is 0. The SMILES string of the molecule is CC(C)N(CC1CCCN(C(=O)c2cccnc2Nc2cccc(F)c2)C1)C(=O)OC(C)(C)C. The molecule has 1 aliphatic rings. The van der Waals surface area contributed by atoms with Gasteiger partial charge in [0, 0.05) is 37.6 Å². The summed E-state index contributed by atoms with van der Waals surface area (Å²) in [5.41, 5.74) is 0.388. The highest BCUT2D eigenvalue weighted by atomic mass is 19.1. The molecular formula is C26H35FN4O3. The molecule has 8 heteroatoms. The van der Waals surface area contributed by atoms with Crippen molar-refractivity contribution < 1.29 is 18.7 Å². The van der Waals surface area contributed by atoms with E-state index in [0.29, 0.717) is 36.7 Å². The Balaban J connectivity index is 1.71. The van der Waals surface area contributed by atoms with Gasteiger partial charge in [0.15, 0.2) is 0 Å². The first-order valence-corrected chi connectivity index (χ1v) is 11.8. The van der Waals surface area contributed by atoms with Crippen LogP contribution in [0.5, 0.6) is 0 Å². The number of likely N-dealkylation sites (tertiary alicyclic amines) is 1. The molecule has 0 aliphatic carbocycles. The van der Waals surface area contributed by atoms with Crippen LogP contribution in [-0.4, -0.2) is 58.1 Å². The van der Waals surface area contributed by atoms with E-state index in [1.54, 1.807) is 35.4 Å². The first-order chi connectivity index (χ1) is 16.0. The third kappa shape index (κ3) is 6.92. The van der Waals surface area contributed by atoms with Crippen LogP contribution in [0.2, 0.25) is 0 Å². The van der Waals surface area contributed by atoms with Crippen molar-refractivity contribution in [3.63, 3.8) is 0 Å². The van der Waals surface area contributed by atoms with Gasteiger partial charge in [0.2, 0.25) is 0 Å². The lowest BCUT2D eigenvalue weighted by atomic mass is 9.96. The molecule has 0 spiro atoms. The Morgan fingerprint density at radius 1 is 1.26 bits per heavy atom. The van der Waals surface area contributed by atoms with E-state index < -0.39 is 5.60 Å². The van der Waals surface area contributed by atoms with E-state index in [1.165, 1.54) is 12.1 Å². The first kappa shape index (κ1) is 25.5. The van der Waals surface area contributed by atoms with Crippen molar-refractivity contribution in [3.8, 4) is 0 Å². The van der Waals surface area contributed by atoms with Crippen LogP contribution < -0.4 is 5.32 Å². The molecule has 1 aromatic carbocycles. The standard InChI is InChI=1S/C26H35FN4O3/c1-18(2)31(25(33)34-26(3,4)5)17-19-9-8-14-30(16-19)24(32)22-12-7-13-28-23(22)29-21-11-6-10-20(27)15-21/h6-7,10-13,15,18-19H,8-9,14,16-17H2,1-5H3,(H,28,29). The summed E-state index contributed by atoms with van der Waals surface area (Å²) in [6.45, 7) is 11.2. The van der Waals surface area contributed by atoms with Gasteiger partial charge >= 0.3 is 6.09 Å². The van der Waals surface area contributed by atoms with Gasteiger partial charge in [-0.2, -0.15) is 0 Å². The topological polar surface area (TPSA) is 74.8 Å². The van der Waals surface area contributed by atoms with Crippen molar-refractivity contribution in [2.75, 3.05) is 25.0 Å². The van der Waals surface area contributed by atoms with Crippen LogP contribution >= 0.6 is 0 Å². The number of carbonyl (C=O) groups excluding carboxylic acids is 2.